The van der Waals surface area contributed by atoms with Crippen molar-refractivity contribution in [2.45, 2.75) is 0 Å². The number of nitrogens with zero attached hydrogens (tertiary/aromatic N) is 1. The van der Waals surface area contributed by atoms with Crippen LogP contribution in [0.3, 0.4) is 0 Å². The number of ketones is 2. The lowest BCUT2D eigenvalue weighted by Crippen LogP contribution is -2.16. The van der Waals surface area contributed by atoms with Gasteiger partial charge in [0.05, 0.1) is 15.1 Å². The fourth-order valence-corrected chi connectivity index (χ4v) is 1.85. The van der Waals surface area contributed by atoms with Crippen LogP contribution in [0.2, 0.25) is 5.02 Å². The van der Waals surface area contributed by atoms with E-state index < -0.39 is 0 Å². The van der Waals surface area contributed by atoms with Crippen LogP contribution < -0.4 is 0 Å². The molecule has 14 heavy (non-hydrogen) atoms. The summed E-state index contributed by atoms with van der Waals surface area (Å²) in [5, 5.41) is 0.249. The fraction of sp³-hybridized carbons (Fsp3) is 0. The first-order valence-electron chi connectivity index (χ1n) is 3.72. The van der Waals surface area contributed by atoms with E-state index in [1.165, 1.54) is 18.3 Å². The molecule has 2 rings (SSSR count). The minimum Gasteiger partial charge on any atom is -0.288 e. The number of pyridine rings is 1. The summed E-state index contributed by atoms with van der Waals surface area (Å²) in [5.41, 5.74) is 0.291. The third-order valence-electron chi connectivity index (χ3n) is 1.84. The highest BCUT2D eigenvalue weighted by Crippen LogP contribution is 2.28. The van der Waals surface area contributed by atoms with Crippen LogP contribution in [0.1, 0.15) is 20.8 Å². The first-order chi connectivity index (χ1) is 6.61. The van der Waals surface area contributed by atoms with Crippen LogP contribution >= 0.6 is 27.5 Å². The second-order valence-electron chi connectivity index (χ2n) is 2.70. The zero-order valence-corrected chi connectivity index (χ0v) is 9.09. The summed E-state index contributed by atoms with van der Waals surface area (Å²) in [7, 11) is 0. The Morgan fingerprint density at radius 1 is 1.36 bits per heavy atom. The van der Waals surface area contributed by atoms with Gasteiger partial charge in [-0.15, -0.1) is 0 Å². The topological polar surface area (TPSA) is 47.0 Å². The van der Waals surface area contributed by atoms with E-state index in [-0.39, 0.29) is 32.3 Å². The molecule has 0 saturated carbocycles. The number of aromatic nitrogens is 1. The van der Waals surface area contributed by atoms with Crippen LogP contribution in [0.25, 0.3) is 0 Å². The lowest BCUT2D eigenvalue weighted by molar-refractivity contribution is 0.0988. The normalized spacial score (nSPS) is 15.1. The summed E-state index contributed by atoms with van der Waals surface area (Å²) in [6, 6.07) is 1.48. The minimum atomic E-state index is -0.311. The summed E-state index contributed by atoms with van der Waals surface area (Å²) in [6.07, 6.45) is 2.60. The van der Waals surface area contributed by atoms with E-state index in [1.807, 2.05) is 0 Å². The van der Waals surface area contributed by atoms with Crippen molar-refractivity contribution in [3.05, 3.63) is 39.1 Å². The summed E-state index contributed by atoms with van der Waals surface area (Å²) in [4.78, 5) is 26.8. The molecule has 0 atom stereocenters. The van der Waals surface area contributed by atoms with Gasteiger partial charge in [-0.3, -0.25) is 14.6 Å². The van der Waals surface area contributed by atoms with E-state index >= 15 is 0 Å². The molecule has 1 aliphatic rings. The summed E-state index contributed by atoms with van der Waals surface area (Å²) in [6.45, 7) is 0. The Kier molecular flexibility index (Phi) is 2.25. The Bertz CT molecular complexity index is 482. The number of hydrogen-bond donors (Lipinski definition) is 0. The van der Waals surface area contributed by atoms with Gasteiger partial charge in [0.2, 0.25) is 11.6 Å². The van der Waals surface area contributed by atoms with Gasteiger partial charge in [-0.1, -0.05) is 11.6 Å². The second kappa shape index (κ2) is 3.29. The first kappa shape index (κ1) is 9.55. The van der Waals surface area contributed by atoms with Gasteiger partial charge in [-0.25, -0.2) is 0 Å². The highest BCUT2D eigenvalue weighted by Gasteiger charge is 2.27. The molecule has 0 saturated heterocycles. The van der Waals surface area contributed by atoms with E-state index in [4.69, 9.17) is 11.6 Å². The summed E-state index contributed by atoms with van der Waals surface area (Å²) in [5.74, 6) is -0.619. The van der Waals surface area contributed by atoms with Crippen molar-refractivity contribution in [1.82, 2.24) is 4.98 Å². The smallest absolute Gasteiger partial charge is 0.206 e. The van der Waals surface area contributed by atoms with Crippen molar-refractivity contribution in [1.29, 1.82) is 0 Å². The van der Waals surface area contributed by atoms with Crippen LogP contribution in [0, 0.1) is 0 Å². The molecule has 0 amide bonds. The lowest BCUT2D eigenvalue weighted by atomic mass is 10.0. The molecule has 70 valence electrons. The quantitative estimate of drug-likeness (QED) is 0.728. The molecule has 1 heterocycles. The van der Waals surface area contributed by atoms with E-state index in [0.29, 0.717) is 0 Å². The van der Waals surface area contributed by atoms with Crippen molar-refractivity contribution in [2.24, 2.45) is 0 Å². The molecule has 0 N–H and O–H groups in total. The Labute approximate surface area is 92.9 Å². The molecule has 0 fully saturated rings. The molecule has 0 radical (unpaired) electrons. The van der Waals surface area contributed by atoms with Gasteiger partial charge in [-0.2, -0.15) is 0 Å². The molecule has 0 aliphatic heterocycles. The first-order valence-corrected chi connectivity index (χ1v) is 4.89. The van der Waals surface area contributed by atoms with Crippen molar-refractivity contribution < 1.29 is 9.59 Å². The van der Waals surface area contributed by atoms with Crippen molar-refractivity contribution in [2.75, 3.05) is 0 Å². The Hall–Kier alpha value is -1.00. The van der Waals surface area contributed by atoms with Crippen LogP contribution in [-0.2, 0) is 0 Å². The van der Waals surface area contributed by atoms with Gasteiger partial charge in [-0.05, 0) is 22.0 Å². The largest absolute Gasteiger partial charge is 0.288 e. The highest BCUT2D eigenvalue weighted by molar-refractivity contribution is 9.12. The van der Waals surface area contributed by atoms with Crippen molar-refractivity contribution >= 4 is 39.1 Å². The molecule has 5 heteroatoms. The van der Waals surface area contributed by atoms with Crippen LogP contribution in [-0.4, -0.2) is 16.6 Å². The van der Waals surface area contributed by atoms with Crippen LogP contribution in [0.5, 0.6) is 0 Å². The van der Waals surface area contributed by atoms with Crippen molar-refractivity contribution in [3.8, 4) is 0 Å². The van der Waals surface area contributed by atoms with E-state index in [0.717, 1.165) is 0 Å². The molecular formula is C9H3BrClNO2. The maximum atomic E-state index is 11.6. The van der Waals surface area contributed by atoms with E-state index in [9.17, 15) is 9.59 Å². The molecular weight excluding hydrogens is 269 g/mol. The number of allylic oxidation sites excluding steroid dienone is 2. The molecule has 1 aromatic heterocycles. The zero-order valence-electron chi connectivity index (χ0n) is 6.75. The van der Waals surface area contributed by atoms with Crippen LogP contribution in [0.15, 0.2) is 22.8 Å². The minimum absolute atomic E-state index is 0.116. The number of fused-ring (bicyclic) bond motifs is 1. The number of hydrogen-bond acceptors (Lipinski definition) is 3. The van der Waals surface area contributed by atoms with Gasteiger partial charge in [0.1, 0.15) is 5.69 Å². The molecule has 0 aromatic carbocycles. The number of Topliss-reactive ketones (excluding diaryl/α,β-unsaturated/α-hetero) is 1. The fourth-order valence-electron chi connectivity index (χ4n) is 1.21. The maximum absolute atomic E-state index is 11.6. The van der Waals surface area contributed by atoms with Crippen LogP contribution in [0.4, 0.5) is 0 Å². The summed E-state index contributed by atoms with van der Waals surface area (Å²) >= 11 is 8.81. The maximum Gasteiger partial charge on any atom is 0.206 e. The number of carbonyl (C=O) groups excluding carboxylic acids is 2. The lowest BCUT2D eigenvalue weighted by Gasteiger charge is -2.11. The Morgan fingerprint density at radius 2 is 2.07 bits per heavy atom. The molecule has 0 bridgehead atoms. The SMILES string of the molecule is O=C1C=C(Br)C(=O)c2c(Cl)ccnc21. The number of carbonyl (C=O) groups is 2. The van der Waals surface area contributed by atoms with E-state index in [2.05, 4.69) is 20.9 Å². The number of halogens is 2. The van der Waals surface area contributed by atoms with Gasteiger partial charge in [0.15, 0.2) is 0 Å². The predicted octanol–water partition coefficient (Wildman–Crippen LogP) is 2.39. The van der Waals surface area contributed by atoms with Gasteiger partial charge in [0, 0.05) is 12.3 Å². The molecule has 1 aromatic rings. The van der Waals surface area contributed by atoms with E-state index in [1.54, 1.807) is 0 Å². The Morgan fingerprint density at radius 3 is 2.79 bits per heavy atom. The standard InChI is InChI=1S/C9H3BrClNO2/c10-4-3-6(13)8-7(9(4)14)5(11)1-2-12-8/h1-3H. The molecule has 0 unspecified atom stereocenters. The molecule has 0 spiro atoms. The predicted molar refractivity (Wildman–Crippen MR) is 54.9 cm³/mol. The molecule has 3 nitrogen and oxygen atoms in total. The summed E-state index contributed by atoms with van der Waals surface area (Å²) < 4.78 is 0.213. The highest BCUT2D eigenvalue weighted by atomic mass is 79.9. The monoisotopic (exact) mass is 271 g/mol. The van der Waals surface area contributed by atoms with Gasteiger partial charge in [0.25, 0.3) is 0 Å². The number of rotatable bonds is 0. The van der Waals surface area contributed by atoms with Gasteiger partial charge < -0.3 is 0 Å². The average molecular weight is 272 g/mol. The Balaban J connectivity index is 2.76. The average Bonchev–Trinajstić information content (AvgIpc) is 2.14. The third kappa shape index (κ3) is 1.31. The van der Waals surface area contributed by atoms with Gasteiger partial charge >= 0.3 is 0 Å². The zero-order chi connectivity index (χ0) is 10.3. The van der Waals surface area contributed by atoms with Crippen molar-refractivity contribution in [3.63, 3.8) is 0 Å². The second-order valence-corrected chi connectivity index (χ2v) is 3.96. The molecule has 1 aliphatic carbocycles. The third-order valence-corrected chi connectivity index (χ3v) is 2.74.